The molecule has 0 unspecified atom stereocenters. The molecule has 2 N–H and O–H groups in total. The number of nitriles is 1. The highest BCUT2D eigenvalue weighted by molar-refractivity contribution is 6.08. The summed E-state index contributed by atoms with van der Waals surface area (Å²) in [6.07, 6.45) is 5.73. The first-order valence-corrected chi connectivity index (χ1v) is 15.4. The van der Waals surface area contributed by atoms with Crippen molar-refractivity contribution < 1.29 is 28.2 Å². The SMILES string of the molecule is N#Cc1ccc(OC2CCN(c3nc(C(=O)Nc4ccc(CN5CCOCC5)cc4C(=O)NC4CCOCC4)co3)CC2)nc1. The number of piperidine rings is 1. The number of morpholine rings is 1. The zero-order valence-electron chi connectivity index (χ0n) is 25.1. The van der Waals surface area contributed by atoms with Gasteiger partial charge in [-0.2, -0.15) is 10.2 Å². The highest BCUT2D eigenvalue weighted by Gasteiger charge is 2.26. The van der Waals surface area contributed by atoms with Crippen LogP contribution >= 0.6 is 0 Å². The van der Waals surface area contributed by atoms with Crippen molar-refractivity contribution in [2.24, 2.45) is 0 Å². The molecule has 0 aliphatic carbocycles. The predicted molar refractivity (Wildman–Crippen MR) is 163 cm³/mol. The van der Waals surface area contributed by atoms with Crippen LogP contribution in [0.4, 0.5) is 11.7 Å². The first-order valence-electron chi connectivity index (χ1n) is 15.4. The van der Waals surface area contributed by atoms with Crippen LogP contribution in [-0.4, -0.2) is 91.4 Å². The van der Waals surface area contributed by atoms with Crippen LogP contribution < -0.4 is 20.3 Å². The number of hydrogen-bond donors (Lipinski definition) is 2. The van der Waals surface area contributed by atoms with Crippen molar-refractivity contribution in [3.63, 3.8) is 0 Å². The molecule has 6 rings (SSSR count). The Morgan fingerprint density at radius 1 is 0.978 bits per heavy atom. The highest BCUT2D eigenvalue weighted by atomic mass is 16.5. The smallest absolute Gasteiger partial charge is 0.297 e. The second-order valence-electron chi connectivity index (χ2n) is 11.4. The molecule has 3 saturated heterocycles. The minimum atomic E-state index is -0.462. The van der Waals surface area contributed by atoms with Crippen molar-refractivity contribution >= 4 is 23.5 Å². The molecule has 3 aliphatic rings. The molecule has 0 radical (unpaired) electrons. The van der Waals surface area contributed by atoms with Crippen LogP contribution in [0.5, 0.6) is 5.88 Å². The maximum Gasteiger partial charge on any atom is 0.297 e. The number of anilines is 2. The number of pyridine rings is 1. The zero-order chi connectivity index (χ0) is 31.0. The van der Waals surface area contributed by atoms with Gasteiger partial charge in [0, 0.05) is 77.1 Å². The molecule has 45 heavy (non-hydrogen) atoms. The van der Waals surface area contributed by atoms with Crippen molar-refractivity contribution in [1.82, 2.24) is 20.2 Å². The van der Waals surface area contributed by atoms with E-state index in [1.54, 1.807) is 18.2 Å². The summed E-state index contributed by atoms with van der Waals surface area (Å²) in [4.78, 5) is 39.7. The van der Waals surface area contributed by atoms with Crippen molar-refractivity contribution in [3.05, 3.63) is 65.2 Å². The van der Waals surface area contributed by atoms with Gasteiger partial charge in [0.2, 0.25) is 5.88 Å². The van der Waals surface area contributed by atoms with E-state index in [-0.39, 0.29) is 23.7 Å². The van der Waals surface area contributed by atoms with Crippen LogP contribution in [0.1, 0.15) is 57.7 Å². The van der Waals surface area contributed by atoms with Gasteiger partial charge in [0.15, 0.2) is 5.69 Å². The minimum Gasteiger partial charge on any atom is -0.474 e. The minimum absolute atomic E-state index is 0.0192. The molecule has 3 aromatic rings. The van der Waals surface area contributed by atoms with Crippen molar-refractivity contribution in [3.8, 4) is 11.9 Å². The fourth-order valence-corrected chi connectivity index (χ4v) is 5.66. The molecular weight excluding hydrogens is 578 g/mol. The Labute approximate surface area is 261 Å². The van der Waals surface area contributed by atoms with Gasteiger partial charge in [-0.25, -0.2) is 4.98 Å². The van der Waals surface area contributed by atoms with Gasteiger partial charge in [-0.3, -0.25) is 14.5 Å². The molecule has 236 valence electrons. The summed E-state index contributed by atoms with van der Waals surface area (Å²) in [6, 6.07) is 11.4. The number of carbonyl (C=O) groups excluding carboxylic acids is 2. The summed E-state index contributed by atoms with van der Waals surface area (Å²) < 4.78 is 22.6. The molecule has 13 heteroatoms. The highest BCUT2D eigenvalue weighted by Crippen LogP contribution is 2.25. The quantitative estimate of drug-likeness (QED) is 0.365. The predicted octanol–water partition coefficient (Wildman–Crippen LogP) is 2.98. The second kappa shape index (κ2) is 14.5. The van der Waals surface area contributed by atoms with Crippen LogP contribution in [0, 0.1) is 11.3 Å². The Bertz CT molecular complexity index is 1500. The van der Waals surface area contributed by atoms with Gasteiger partial charge in [0.1, 0.15) is 18.4 Å². The number of nitrogens with one attached hydrogen (secondary N) is 2. The molecule has 2 aromatic heterocycles. The van der Waals surface area contributed by atoms with E-state index in [1.165, 1.54) is 12.5 Å². The third-order valence-electron chi connectivity index (χ3n) is 8.23. The average Bonchev–Trinajstić information content (AvgIpc) is 3.58. The Morgan fingerprint density at radius 2 is 1.76 bits per heavy atom. The van der Waals surface area contributed by atoms with Crippen LogP contribution in [0.15, 0.2) is 47.2 Å². The third-order valence-corrected chi connectivity index (χ3v) is 8.23. The van der Waals surface area contributed by atoms with Gasteiger partial charge in [0.25, 0.3) is 17.8 Å². The number of carbonyl (C=O) groups is 2. The Kier molecular flexibility index (Phi) is 9.84. The van der Waals surface area contributed by atoms with Gasteiger partial charge >= 0.3 is 0 Å². The molecular formula is C32H37N7O6. The zero-order valence-corrected chi connectivity index (χ0v) is 25.1. The van der Waals surface area contributed by atoms with Gasteiger partial charge in [-0.05, 0) is 36.6 Å². The van der Waals surface area contributed by atoms with Gasteiger partial charge in [0.05, 0.1) is 30.0 Å². The lowest BCUT2D eigenvalue weighted by Gasteiger charge is -2.30. The average molecular weight is 616 g/mol. The molecule has 1 aromatic carbocycles. The van der Waals surface area contributed by atoms with E-state index in [2.05, 4.69) is 25.5 Å². The lowest BCUT2D eigenvalue weighted by atomic mass is 10.0. The van der Waals surface area contributed by atoms with E-state index in [0.29, 0.717) is 87.6 Å². The topological polar surface area (TPSA) is 155 Å². The Hall–Kier alpha value is -4.51. The summed E-state index contributed by atoms with van der Waals surface area (Å²) in [5, 5.41) is 15.0. The van der Waals surface area contributed by atoms with Crippen LogP contribution in [0.2, 0.25) is 0 Å². The number of nitrogens with zero attached hydrogens (tertiary/aromatic N) is 5. The van der Waals surface area contributed by atoms with Gasteiger partial charge in [-0.15, -0.1) is 0 Å². The molecule has 0 atom stereocenters. The molecule has 0 spiro atoms. The van der Waals surface area contributed by atoms with Gasteiger partial charge < -0.3 is 34.2 Å². The standard InChI is InChI=1S/C32H37N7O6/c33-18-23-2-4-29(34-19-23)45-25-5-9-39(10-6-25)32-37-28(21-44-32)31(41)36-27-3-1-22(20-38-11-15-43-16-12-38)17-26(27)30(40)35-24-7-13-42-14-8-24/h1-4,17,19,21,24-25H,5-16,20H2,(H,35,40)(H,36,41). The van der Waals surface area contributed by atoms with Crippen molar-refractivity contribution in [2.75, 3.05) is 62.8 Å². The number of benzene rings is 1. The third kappa shape index (κ3) is 7.96. The first-order chi connectivity index (χ1) is 22.0. The van der Waals surface area contributed by atoms with E-state index in [9.17, 15) is 9.59 Å². The number of oxazole rings is 1. The number of amides is 2. The molecule has 3 fully saturated rings. The summed E-state index contributed by atoms with van der Waals surface area (Å²) in [5.74, 6) is -0.211. The second-order valence-corrected chi connectivity index (χ2v) is 11.4. The maximum absolute atomic E-state index is 13.5. The fraction of sp³-hybridized carbons (Fsp3) is 0.469. The fourth-order valence-electron chi connectivity index (χ4n) is 5.66. The lowest BCUT2D eigenvalue weighted by molar-refractivity contribution is 0.0341. The van der Waals surface area contributed by atoms with Crippen LogP contribution in [-0.2, 0) is 16.0 Å². The molecule has 3 aliphatic heterocycles. The monoisotopic (exact) mass is 615 g/mol. The molecule has 5 heterocycles. The van der Waals surface area contributed by atoms with Crippen molar-refractivity contribution in [1.29, 1.82) is 5.26 Å². The number of hydrogen-bond acceptors (Lipinski definition) is 11. The summed E-state index contributed by atoms with van der Waals surface area (Å²) in [5.41, 5.74) is 2.41. The largest absolute Gasteiger partial charge is 0.474 e. The molecule has 13 nitrogen and oxygen atoms in total. The van der Waals surface area contributed by atoms with Crippen LogP contribution in [0.3, 0.4) is 0 Å². The summed E-state index contributed by atoms with van der Waals surface area (Å²) in [6.45, 7) is 6.20. The van der Waals surface area contributed by atoms with Crippen molar-refractivity contribution in [2.45, 2.75) is 44.4 Å². The molecule has 0 saturated carbocycles. The van der Waals surface area contributed by atoms with E-state index in [1.807, 2.05) is 23.1 Å². The first kappa shape index (κ1) is 30.5. The van der Waals surface area contributed by atoms with Crippen LogP contribution in [0.25, 0.3) is 0 Å². The Balaban J connectivity index is 1.09. The number of ether oxygens (including phenoxy) is 3. The number of rotatable bonds is 9. The van der Waals surface area contributed by atoms with E-state index >= 15 is 0 Å². The van der Waals surface area contributed by atoms with E-state index in [0.717, 1.165) is 31.5 Å². The normalized spacial score (nSPS) is 18.2. The summed E-state index contributed by atoms with van der Waals surface area (Å²) >= 11 is 0. The van der Waals surface area contributed by atoms with E-state index < -0.39 is 5.91 Å². The molecule has 2 amide bonds. The number of aromatic nitrogens is 2. The lowest BCUT2D eigenvalue weighted by Crippen LogP contribution is -2.39. The maximum atomic E-state index is 13.5. The summed E-state index contributed by atoms with van der Waals surface area (Å²) in [7, 11) is 0. The Morgan fingerprint density at radius 3 is 2.49 bits per heavy atom. The molecule has 0 bridgehead atoms. The van der Waals surface area contributed by atoms with E-state index in [4.69, 9.17) is 23.9 Å². The van der Waals surface area contributed by atoms with Gasteiger partial charge in [-0.1, -0.05) is 6.07 Å².